The van der Waals surface area contributed by atoms with Crippen LogP contribution >= 0.6 is 0 Å². The van der Waals surface area contributed by atoms with Gasteiger partial charge in [-0.25, -0.2) is 9.97 Å². The zero-order valence-corrected chi connectivity index (χ0v) is 10.6. The van der Waals surface area contributed by atoms with Crippen molar-refractivity contribution < 1.29 is 0 Å². The maximum Gasteiger partial charge on any atom is 0.132 e. The van der Waals surface area contributed by atoms with Gasteiger partial charge in [-0.05, 0) is 37.5 Å². The molecule has 92 valence electrons. The summed E-state index contributed by atoms with van der Waals surface area (Å²) < 4.78 is 0. The van der Waals surface area contributed by atoms with Gasteiger partial charge in [-0.3, -0.25) is 0 Å². The number of hydrogen-bond acceptors (Lipinski definition) is 3. The highest BCUT2D eigenvalue weighted by Crippen LogP contribution is 2.38. The van der Waals surface area contributed by atoms with E-state index < -0.39 is 0 Å². The van der Waals surface area contributed by atoms with E-state index in [1.54, 1.807) is 0 Å². The molecule has 1 aromatic carbocycles. The molecular weight excluding hydrogens is 222 g/mol. The molecule has 0 saturated heterocycles. The fourth-order valence-corrected chi connectivity index (χ4v) is 2.12. The number of nitrogens with two attached hydrogens (primary N) is 1. The lowest BCUT2D eigenvalue weighted by Gasteiger charge is -2.06. The fourth-order valence-electron chi connectivity index (χ4n) is 2.12. The summed E-state index contributed by atoms with van der Waals surface area (Å²) in [7, 11) is 0. The van der Waals surface area contributed by atoms with Crippen LogP contribution in [0.3, 0.4) is 0 Å². The van der Waals surface area contributed by atoms with Gasteiger partial charge in [0.05, 0.1) is 5.69 Å². The van der Waals surface area contributed by atoms with Crippen molar-refractivity contribution in [3.05, 3.63) is 47.4 Å². The molecule has 1 aliphatic rings. The van der Waals surface area contributed by atoms with Crippen molar-refractivity contribution in [2.24, 2.45) is 5.73 Å². The van der Waals surface area contributed by atoms with Crippen molar-refractivity contribution in [3.63, 3.8) is 0 Å². The smallest absolute Gasteiger partial charge is 0.132 e. The standard InChI is InChI=1S/C15H17N3/c1-10-7-14(18-15(17-10)12-5-6-12)13-4-2-3-11(8-13)9-16/h2-4,7-8,12H,5-6,9,16H2,1H3. The molecule has 0 unspecified atom stereocenters. The van der Waals surface area contributed by atoms with Crippen molar-refractivity contribution >= 4 is 0 Å². The molecule has 0 spiro atoms. The van der Waals surface area contributed by atoms with Gasteiger partial charge < -0.3 is 5.73 Å². The average Bonchev–Trinajstić information content (AvgIpc) is 3.22. The summed E-state index contributed by atoms with van der Waals surface area (Å²) in [6.45, 7) is 2.59. The number of hydrogen-bond donors (Lipinski definition) is 1. The normalized spacial score (nSPS) is 14.8. The van der Waals surface area contributed by atoms with Gasteiger partial charge in [0.15, 0.2) is 0 Å². The summed E-state index contributed by atoms with van der Waals surface area (Å²) in [5, 5.41) is 0. The Bertz CT molecular complexity index is 574. The number of rotatable bonds is 3. The van der Waals surface area contributed by atoms with Crippen LogP contribution in [-0.2, 0) is 6.54 Å². The van der Waals surface area contributed by atoms with Gasteiger partial charge in [0, 0.05) is 23.7 Å². The molecule has 0 bridgehead atoms. The monoisotopic (exact) mass is 239 g/mol. The van der Waals surface area contributed by atoms with Crippen LogP contribution in [0.1, 0.15) is 35.8 Å². The molecule has 2 aromatic rings. The van der Waals surface area contributed by atoms with E-state index in [1.807, 2.05) is 25.1 Å². The molecule has 0 radical (unpaired) electrons. The van der Waals surface area contributed by atoms with Crippen molar-refractivity contribution in [3.8, 4) is 11.3 Å². The second-order valence-electron chi connectivity index (χ2n) is 4.93. The van der Waals surface area contributed by atoms with Crippen LogP contribution < -0.4 is 5.73 Å². The lowest BCUT2D eigenvalue weighted by molar-refractivity contribution is 0.909. The zero-order valence-electron chi connectivity index (χ0n) is 10.6. The van der Waals surface area contributed by atoms with Gasteiger partial charge in [-0.2, -0.15) is 0 Å². The van der Waals surface area contributed by atoms with Crippen molar-refractivity contribution in [1.29, 1.82) is 0 Å². The van der Waals surface area contributed by atoms with Crippen LogP contribution in [0.25, 0.3) is 11.3 Å². The topological polar surface area (TPSA) is 51.8 Å². The van der Waals surface area contributed by atoms with E-state index in [9.17, 15) is 0 Å². The first-order chi connectivity index (χ1) is 8.76. The number of aromatic nitrogens is 2. The van der Waals surface area contributed by atoms with Gasteiger partial charge in [0.2, 0.25) is 0 Å². The van der Waals surface area contributed by atoms with E-state index in [0.717, 1.165) is 28.3 Å². The molecule has 0 atom stereocenters. The Morgan fingerprint density at radius 2 is 2.06 bits per heavy atom. The molecule has 3 nitrogen and oxygen atoms in total. The SMILES string of the molecule is Cc1cc(-c2cccc(CN)c2)nc(C2CC2)n1. The molecule has 0 aliphatic heterocycles. The third kappa shape index (κ3) is 2.27. The minimum absolute atomic E-state index is 0.563. The fraction of sp³-hybridized carbons (Fsp3) is 0.333. The summed E-state index contributed by atoms with van der Waals surface area (Å²) in [6, 6.07) is 10.3. The van der Waals surface area contributed by atoms with E-state index in [0.29, 0.717) is 12.5 Å². The molecule has 1 aliphatic carbocycles. The van der Waals surface area contributed by atoms with E-state index in [1.165, 1.54) is 12.8 Å². The molecule has 2 N–H and O–H groups in total. The first kappa shape index (κ1) is 11.4. The number of benzene rings is 1. The predicted octanol–water partition coefficient (Wildman–Crippen LogP) is 2.79. The van der Waals surface area contributed by atoms with Gasteiger partial charge in [-0.15, -0.1) is 0 Å². The molecule has 0 amide bonds. The Morgan fingerprint density at radius 1 is 1.22 bits per heavy atom. The van der Waals surface area contributed by atoms with Crippen LogP contribution in [0.4, 0.5) is 0 Å². The predicted molar refractivity (Wildman–Crippen MR) is 72.1 cm³/mol. The number of nitrogens with zero attached hydrogens (tertiary/aromatic N) is 2. The Kier molecular flexibility index (Phi) is 2.84. The third-order valence-corrected chi connectivity index (χ3v) is 3.27. The highest BCUT2D eigenvalue weighted by Gasteiger charge is 2.27. The Hall–Kier alpha value is -1.74. The summed E-state index contributed by atoms with van der Waals surface area (Å²) in [5.74, 6) is 1.59. The Balaban J connectivity index is 2.04. The van der Waals surface area contributed by atoms with Crippen molar-refractivity contribution in [2.45, 2.75) is 32.2 Å². The maximum absolute atomic E-state index is 5.68. The lowest BCUT2D eigenvalue weighted by Crippen LogP contribution is -1.99. The Morgan fingerprint density at radius 3 is 2.78 bits per heavy atom. The molecule has 18 heavy (non-hydrogen) atoms. The van der Waals surface area contributed by atoms with Crippen molar-refractivity contribution in [2.75, 3.05) is 0 Å². The third-order valence-electron chi connectivity index (χ3n) is 3.27. The second-order valence-corrected chi connectivity index (χ2v) is 4.93. The van der Waals surface area contributed by atoms with E-state index in [4.69, 9.17) is 5.73 Å². The summed E-state index contributed by atoms with van der Waals surface area (Å²) in [5.41, 5.74) is 10.0. The van der Waals surface area contributed by atoms with Crippen LogP contribution in [-0.4, -0.2) is 9.97 Å². The minimum atomic E-state index is 0.563. The highest BCUT2D eigenvalue weighted by atomic mass is 14.9. The first-order valence-electron chi connectivity index (χ1n) is 6.41. The summed E-state index contributed by atoms with van der Waals surface area (Å²) in [4.78, 5) is 9.22. The first-order valence-corrected chi connectivity index (χ1v) is 6.41. The molecule has 3 rings (SSSR count). The van der Waals surface area contributed by atoms with Crippen LogP contribution in [0, 0.1) is 6.92 Å². The van der Waals surface area contributed by atoms with E-state index in [2.05, 4.69) is 22.1 Å². The quantitative estimate of drug-likeness (QED) is 0.896. The van der Waals surface area contributed by atoms with Gasteiger partial charge >= 0.3 is 0 Å². The molecule has 1 aromatic heterocycles. The van der Waals surface area contributed by atoms with E-state index in [-0.39, 0.29) is 0 Å². The van der Waals surface area contributed by atoms with Gasteiger partial charge in [-0.1, -0.05) is 18.2 Å². The zero-order chi connectivity index (χ0) is 12.5. The molecule has 1 saturated carbocycles. The van der Waals surface area contributed by atoms with Crippen LogP contribution in [0.5, 0.6) is 0 Å². The average molecular weight is 239 g/mol. The second kappa shape index (κ2) is 4.50. The minimum Gasteiger partial charge on any atom is -0.326 e. The molecule has 1 fully saturated rings. The number of aryl methyl sites for hydroxylation is 1. The molecular formula is C15H17N3. The summed E-state index contributed by atoms with van der Waals surface area (Å²) >= 11 is 0. The maximum atomic E-state index is 5.68. The van der Waals surface area contributed by atoms with Gasteiger partial charge in [0.25, 0.3) is 0 Å². The summed E-state index contributed by atoms with van der Waals surface area (Å²) in [6.07, 6.45) is 2.46. The largest absolute Gasteiger partial charge is 0.326 e. The Labute approximate surface area is 107 Å². The van der Waals surface area contributed by atoms with Crippen molar-refractivity contribution in [1.82, 2.24) is 9.97 Å². The van der Waals surface area contributed by atoms with Crippen LogP contribution in [0.2, 0.25) is 0 Å². The molecule has 1 heterocycles. The van der Waals surface area contributed by atoms with Gasteiger partial charge in [0.1, 0.15) is 5.82 Å². The molecule has 3 heteroatoms. The highest BCUT2D eigenvalue weighted by molar-refractivity contribution is 5.60. The van der Waals surface area contributed by atoms with E-state index >= 15 is 0 Å². The lowest BCUT2D eigenvalue weighted by atomic mass is 10.1. The van der Waals surface area contributed by atoms with Crippen LogP contribution in [0.15, 0.2) is 30.3 Å².